The molecule has 7 heteroatoms. The number of benzene rings is 1. The van der Waals surface area contributed by atoms with Crippen molar-refractivity contribution in [2.75, 3.05) is 6.61 Å². The van der Waals surface area contributed by atoms with Crippen molar-refractivity contribution in [3.63, 3.8) is 0 Å². The van der Waals surface area contributed by atoms with Crippen molar-refractivity contribution in [3.8, 4) is 5.75 Å². The summed E-state index contributed by atoms with van der Waals surface area (Å²) in [5, 5.41) is 4.63. The van der Waals surface area contributed by atoms with E-state index in [0.717, 1.165) is 5.56 Å². The molecule has 0 radical (unpaired) electrons. The van der Waals surface area contributed by atoms with E-state index in [1.54, 1.807) is 30.6 Å². The van der Waals surface area contributed by atoms with E-state index in [0.29, 0.717) is 15.8 Å². The standard InChI is InChI=1S/C14H11Cl2N3O2/c15-11-3-4-13(12(16)6-11)21-9-14(20)19-18-8-10-2-1-5-17-7-10/h1-8H,9H2,(H,19,20)/b18-8+. The highest BCUT2D eigenvalue weighted by Gasteiger charge is 2.05. The van der Waals surface area contributed by atoms with Crippen molar-refractivity contribution in [1.82, 2.24) is 10.4 Å². The first-order chi connectivity index (χ1) is 10.1. The summed E-state index contributed by atoms with van der Waals surface area (Å²) >= 11 is 11.7. The van der Waals surface area contributed by atoms with Crippen molar-refractivity contribution < 1.29 is 9.53 Å². The Morgan fingerprint density at radius 2 is 2.24 bits per heavy atom. The van der Waals surface area contributed by atoms with Crippen LogP contribution in [0.5, 0.6) is 5.75 Å². The maximum absolute atomic E-state index is 11.6. The predicted molar refractivity (Wildman–Crippen MR) is 81.9 cm³/mol. The summed E-state index contributed by atoms with van der Waals surface area (Å²) in [7, 11) is 0. The average molecular weight is 324 g/mol. The van der Waals surface area contributed by atoms with Gasteiger partial charge in [0.1, 0.15) is 5.75 Å². The van der Waals surface area contributed by atoms with Gasteiger partial charge < -0.3 is 4.74 Å². The van der Waals surface area contributed by atoms with Crippen LogP contribution in [-0.2, 0) is 4.79 Å². The highest BCUT2D eigenvalue weighted by Crippen LogP contribution is 2.27. The number of ether oxygens (including phenoxy) is 1. The Bertz CT molecular complexity index is 648. The lowest BCUT2D eigenvalue weighted by atomic mass is 10.3. The molecule has 0 unspecified atom stereocenters. The molecule has 2 rings (SSSR count). The lowest BCUT2D eigenvalue weighted by molar-refractivity contribution is -0.123. The fourth-order valence-electron chi connectivity index (χ4n) is 1.40. The molecule has 108 valence electrons. The molecule has 0 aliphatic heterocycles. The number of halogens is 2. The minimum absolute atomic E-state index is 0.203. The van der Waals surface area contributed by atoms with Gasteiger partial charge in [0, 0.05) is 23.0 Å². The van der Waals surface area contributed by atoms with E-state index in [2.05, 4.69) is 15.5 Å². The number of rotatable bonds is 5. The average Bonchev–Trinajstić information content (AvgIpc) is 2.47. The van der Waals surface area contributed by atoms with Crippen LogP contribution < -0.4 is 10.2 Å². The zero-order valence-corrected chi connectivity index (χ0v) is 12.3. The van der Waals surface area contributed by atoms with Crippen LogP contribution in [0.4, 0.5) is 0 Å². The van der Waals surface area contributed by atoms with Gasteiger partial charge in [-0.1, -0.05) is 29.3 Å². The van der Waals surface area contributed by atoms with E-state index >= 15 is 0 Å². The number of pyridine rings is 1. The summed E-state index contributed by atoms with van der Waals surface area (Å²) in [6, 6.07) is 8.34. The Balaban J connectivity index is 1.81. The molecule has 0 aliphatic rings. The predicted octanol–water partition coefficient (Wildman–Crippen LogP) is 2.92. The summed E-state index contributed by atoms with van der Waals surface area (Å²) in [6.45, 7) is -0.203. The van der Waals surface area contributed by atoms with Crippen LogP contribution in [-0.4, -0.2) is 23.7 Å². The normalized spacial score (nSPS) is 10.6. The third kappa shape index (κ3) is 5.06. The van der Waals surface area contributed by atoms with Gasteiger partial charge in [-0.05, 0) is 24.3 Å². The Labute approximate surface area is 131 Å². The molecule has 5 nitrogen and oxygen atoms in total. The zero-order valence-electron chi connectivity index (χ0n) is 10.8. The molecule has 1 N–H and O–H groups in total. The third-order valence-corrected chi connectivity index (χ3v) is 2.87. The van der Waals surface area contributed by atoms with Gasteiger partial charge in [0.2, 0.25) is 0 Å². The molecule has 1 amide bonds. The minimum atomic E-state index is -0.402. The first kappa shape index (κ1) is 15.3. The third-order valence-electron chi connectivity index (χ3n) is 2.34. The molecule has 0 aliphatic carbocycles. The molecule has 0 saturated carbocycles. The number of nitrogens with one attached hydrogen (secondary N) is 1. The summed E-state index contributed by atoms with van der Waals surface area (Å²) in [5.41, 5.74) is 3.12. The summed E-state index contributed by atoms with van der Waals surface area (Å²) in [4.78, 5) is 15.5. The van der Waals surface area contributed by atoms with E-state index in [4.69, 9.17) is 27.9 Å². The zero-order chi connectivity index (χ0) is 15.1. The number of carbonyl (C=O) groups excluding carboxylic acids is 1. The van der Waals surface area contributed by atoms with Crippen molar-refractivity contribution in [1.29, 1.82) is 0 Å². The number of aromatic nitrogens is 1. The Morgan fingerprint density at radius 3 is 2.95 bits per heavy atom. The first-order valence-corrected chi connectivity index (χ1v) is 6.70. The van der Waals surface area contributed by atoms with E-state index in [1.807, 2.05) is 6.07 Å². The molecule has 1 aromatic carbocycles. The van der Waals surface area contributed by atoms with Crippen LogP contribution in [0.15, 0.2) is 47.8 Å². The first-order valence-electron chi connectivity index (χ1n) is 5.95. The molecule has 2 aromatic rings. The quantitative estimate of drug-likeness (QED) is 0.679. The Hall–Kier alpha value is -2.11. The van der Waals surface area contributed by atoms with Gasteiger partial charge >= 0.3 is 0 Å². The van der Waals surface area contributed by atoms with E-state index in [1.165, 1.54) is 12.3 Å². The van der Waals surface area contributed by atoms with Gasteiger partial charge in [-0.15, -0.1) is 0 Å². The van der Waals surface area contributed by atoms with Crippen LogP contribution in [0.3, 0.4) is 0 Å². The maximum Gasteiger partial charge on any atom is 0.277 e. The second-order valence-corrected chi connectivity index (χ2v) is 4.79. The van der Waals surface area contributed by atoms with Gasteiger partial charge in [-0.25, -0.2) is 5.43 Å². The van der Waals surface area contributed by atoms with Crippen molar-refractivity contribution >= 4 is 35.3 Å². The number of hydrazone groups is 1. The maximum atomic E-state index is 11.6. The highest BCUT2D eigenvalue weighted by atomic mass is 35.5. The fourth-order valence-corrected chi connectivity index (χ4v) is 1.86. The topological polar surface area (TPSA) is 63.6 Å². The lowest BCUT2D eigenvalue weighted by Crippen LogP contribution is -2.24. The monoisotopic (exact) mass is 323 g/mol. The molecular weight excluding hydrogens is 313 g/mol. The van der Waals surface area contributed by atoms with E-state index in [9.17, 15) is 4.79 Å². The van der Waals surface area contributed by atoms with Gasteiger partial charge in [0.15, 0.2) is 6.61 Å². The summed E-state index contributed by atoms with van der Waals surface area (Å²) in [5.74, 6) is -0.0198. The second-order valence-electron chi connectivity index (χ2n) is 3.94. The smallest absolute Gasteiger partial charge is 0.277 e. The van der Waals surface area contributed by atoms with Gasteiger partial charge in [0.25, 0.3) is 5.91 Å². The highest BCUT2D eigenvalue weighted by molar-refractivity contribution is 6.35. The fraction of sp³-hybridized carbons (Fsp3) is 0.0714. The molecule has 0 saturated heterocycles. The van der Waals surface area contributed by atoms with E-state index < -0.39 is 5.91 Å². The van der Waals surface area contributed by atoms with Crippen LogP contribution >= 0.6 is 23.2 Å². The summed E-state index contributed by atoms with van der Waals surface area (Å²) < 4.78 is 5.27. The summed E-state index contributed by atoms with van der Waals surface area (Å²) in [6.07, 6.45) is 4.76. The Kier molecular flexibility index (Phi) is 5.54. The number of hydrogen-bond donors (Lipinski definition) is 1. The number of hydrogen-bond acceptors (Lipinski definition) is 4. The molecule has 21 heavy (non-hydrogen) atoms. The van der Waals surface area contributed by atoms with E-state index in [-0.39, 0.29) is 6.61 Å². The molecular formula is C14H11Cl2N3O2. The largest absolute Gasteiger partial charge is 0.482 e. The van der Waals surface area contributed by atoms with Gasteiger partial charge in [-0.2, -0.15) is 5.10 Å². The van der Waals surface area contributed by atoms with Crippen LogP contribution in [0.25, 0.3) is 0 Å². The van der Waals surface area contributed by atoms with Gasteiger partial charge in [-0.3, -0.25) is 9.78 Å². The minimum Gasteiger partial charge on any atom is -0.482 e. The molecule has 1 aromatic heterocycles. The molecule has 1 heterocycles. The molecule has 0 atom stereocenters. The van der Waals surface area contributed by atoms with Gasteiger partial charge in [0.05, 0.1) is 11.2 Å². The molecule has 0 spiro atoms. The Morgan fingerprint density at radius 1 is 1.38 bits per heavy atom. The van der Waals surface area contributed by atoms with Crippen LogP contribution in [0, 0.1) is 0 Å². The van der Waals surface area contributed by atoms with Crippen molar-refractivity contribution in [3.05, 3.63) is 58.3 Å². The van der Waals surface area contributed by atoms with Crippen molar-refractivity contribution in [2.24, 2.45) is 5.10 Å². The SMILES string of the molecule is O=C(COc1ccc(Cl)cc1Cl)N/N=C/c1cccnc1. The second kappa shape index (κ2) is 7.61. The number of amides is 1. The number of nitrogens with zero attached hydrogens (tertiary/aromatic N) is 2. The number of carbonyl (C=O) groups is 1. The van der Waals surface area contributed by atoms with Crippen LogP contribution in [0.1, 0.15) is 5.56 Å². The molecule has 0 bridgehead atoms. The van der Waals surface area contributed by atoms with Crippen molar-refractivity contribution in [2.45, 2.75) is 0 Å². The lowest BCUT2D eigenvalue weighted by Gasteiger charge is -2.06. The molecule has 0 fully saturated rings. The van der Waals surface area contributed by atoms with Crippen LogP contribution in [0.2, 0.25) is 10.0 Å².